The molecule has 3 N–H and O–H groups in total. The van der Waals surface area contributed by atoms with Crippen LogP contribution in [0.25, 0.3) is 10.9 Å². The summed E-state index contributed by atoms with van der Waals surface area (Å²) in [7, 11) is -6.28. The van der Waals surface area contributed by atoms with Crippen LogP contribution in [0.4, 0.5) is 0 Å². The van der Waals surface area contributed by atoms with E-state index in [-0.39, 0.29) is 42.1 Å². The fraction of sp³-hybridized carbons (Fsp3) is 0.500. The Morgan fingerprint density at radius 1 is 1.14 bits per heavy atom. The summed E-state index contributed by atoms with van der Waals surface area (Å²) in [4.78, 5) is 13.2. The number of aryl methyl sites for hydroxylation is 2. The first-order valence-electron chi connectivity index (χ1n) is 14.7. The average Bonchev–Trinajstić information content (AvgIpc) is 3.41. The van der Waals surface area contributed by atoms with Crippen molar-refractivity contribution in [2.75, 3.05) is 39.9 Å². The molecule has 3 aromatic rings. The quantitative estimate of drug-likeness (QED) is 0.281. The highest BCUT2D eigenvalue weighted by molar-refractivity contribution is 7.89. The molecule has 2 aromatic carbocycles. The normalized spacial score (nSPS) is 19.9. The third-order valence-corrected chi connectivity index (χ3v) is 11.8. The van der Waals surface area contributed by atoms with Gasteiger partial charge in [0.1, 0.15) is 23.4 Å². The van der Waals surface area contributed by atoms with E-state index < -0.39 is 37.2 Å². The third kappa shape index (κ3) is 6.57. The van der Waals surface area contributed by atoms with E-state index in [4.69, 9.17) is 9.47 Å². The molecule has 0 bridgehead atoms. The number of aliphatic hydroxyl groups excluding tert-OH is 1. The van der Waals surface area contributed by atoms with Crippen LogP contribution in [0.1, 0.15) is 31.7 Å². The average molecular weight is 649 g/mol. The van der Waals surface area contributed by atoms with E-state index in [1.54, 1.807) is 24.3 Å². The molecule has 2 aliphatic rings. The van der Waals surface area contributed by atoms with Crippen LogP contribution in [-0.4, -0.2) is 88.5 Å². The first-order chi connectivity index (χ1) is 20.9. The van der Waals surface area contributed by atoms with Crippen LogP contribution in [-0.2, 0) is 31.3 Å². The summed E-state index contributed by atoms with van der Waals surface area (Å²) >= 11 is 0. The van der Waals surface area contributed by atoms with Gasteiger partial charge in [0.25, 0.3) is 0 Å². The van der Waals surface area contributed by atoms with Crippen LogP contribution in [0.5, 0.6) is 5.75 Å². The molecule has 1 aromatic heterocycles. The van der Waals surface area contributed by atoms with Gasteiger partial charge in [0.15, 0.2) is 0 Å². The van der Waals surface area contributed by atoms with Gasteiger partial charge in [-0.2, -0.15) is 4.31 Å². The zero-order valence-corrected chi connectivity index (χ0v) is 26.8. The van der Waals surface area contributed by atoms with Crippen molar-refractivity contribution in [3.05, 3.63) is 64.4 Å². The maximum absolute atomic E-state index is 13.7. The van der Waals surface area contributed by atoms with E-state index in [1.165, 1.54) is 29.7 Å². The number of piperidine rings is 1. The zero-order chi connectivity index (χ0) is 31.7. The number of ether oxygens (including phenoxy) is 2. The van der Waals surface area contributed by atoms with E-state index >= 15 is 0 Å². The first kappa shape index (κ1) is 32.5. The van der Waals surface area contributed by atoms with Crippen molar-refractivity contribution < 1.29 is 31.4 Å². The highest BCUT2D eigenvalue weighted by Crippen LogP contribution is 2.37. The standard InChI is InChI=1S/C30H40N4O8S2/c1-4-33-18-27(29(36)26-10-5-7-21(2)28(26)33)44(39,40)34-13-11-30(12-14-34)16-22(19-42-30)32-17-23(35)20-41-24-8-6-9-25(15-24)43(37,38)31-3/h5-10,15,18,22-23,31-32,35H,4,11-14,16-17,19-20H2,1-3H3. The monoisotopic (exact) mass is 648 g/mol. The van der Waals surface area contributed by atoms with Crippen LogP contribution in [0.15, 0.2) is 63.2 Å². The fourth-order valence-corrected chi connectivity index (χ4v) is 8.36. The van der Waals surface area contributed by atoms with Crippen molar-refractivity contribution in [3.8, 4) is 5.75 Å². The first-order valence-corrected chi connectivity index (χ1v) is 17.7. The van der Waals surface area contributed by atoms with Gasteiger partial charge in [-0.05, 0) is 63.9 Å². The summed E-state index contributed by atoms with van der Waals surface area (Å²) in [5, 5.41) is 14.2. The van der Waals surface area contributed by atoms with Gasteiger partial charge in [-0.15, -0.1) is 0 Å². The number of hydrogen-bond acceptors (Lipinski definition) is 9. The van der Waals surface area contributed by atoms with Crippen molar-refractivity contribution in [2.45, 2.75) is 67.2 Å². The lowest BCUT2D eigenvalue weighted by molar-refractivity contribution is -0.0312. The Hall–Kier alpha value is -2.85. The number of fused-ring (bicyclic) bond motifs is 1. The number of hydrogen-bond donors (Lipinski definition) is 3. The van der Waals surface area contributed by atoms with Crippen LogP contribution < -0.4 is 20.2 Å². The molecule has 5 rings (SSSR count). The molecule has 2 saturated heterocycles. The number of para-hydroxylation sites is 1. The topological polar surface area (TPSA) is 156 Å². The smallest absolute Gasteiger partial charge is 0.248 e. The molecule has 0 amide bonds. The van der Waals surface area contributed by atoms with Gasteiger partial charge in [0, 0.05) is 49.9 Å². The van der Waals surface area contributed by atoms with E-state index in [0.29, 0.717) is 43.5 Å². The van der Waals surface area contributed by atoms with Gasteiger partial charge in [-0.3, -0.25) is 4.79 Å². The SMILES string of the molecule is CCn1cc(S(=O)(=O)N2CCC3(CC2)CC(NCC(O)COc2cccc(S(=O)(=O)NC)c2)CO3)c(=O)c2cccc(C)c21. The molecule has 1 spiro atoms. The van der Waals surface area contributed by atoms with Gasteiger partial charge in [-0.1, -0.05) is 18.2 Å². The number of pyridine rings is 1. The minimum atomic E-state index is -4.01. The number of sulfonamides is 2. The Bertz CT molecular complexity index is 1780. The zero-order valence-electron chi connectivity index (χ0n) is 25.2. The number of benzene rings is 2. The molecule has 2 unspecified atom stereocenters. The Balaban J connectivity index is 1.15. The van der Waals surface area contributed by atoms with Gasteiger partial charge < -0.3 is 24.5 Å². The largest absolute Gasteiger partial charge is 0.491 e. The van der Waals surface area contributed by atoms with Crippen LogP contribution in [0.3, 0.4) is 0 Å². The van der Waals surface area contributed by atoms with Crippen molar-refractivity contribution in [1.82, 2.24) is 18.9 Å². The fourth-order valence-electron chi connectivity index (χ4n) is 6.05. The van der Waals surface area contributed by atoms with Gasteiger partial charge >= 0.3 is 0 Å². The van der Waals surface area contributed by atoms with Crippen molar-refractivity contribution >= 4 is 30.9 Å². The molecule has 2 aliphatic heterocycles. The van der Waals surface area contributed by atoms with Crippen molar-refractivity contribution in [1.29, 1.82) is 0 Å². The molecule has 2 atom stereocenters. The van der Waals surface area contributed by atoms with E-state index in [9.17, 15) is 26.7 Å². The number of nitrogens with zero attached hydrogens (tertiary/aromatic N) is 2. The second-order valence-corrected chi connectivity index (χ2v) is 15.2. The highest BCUT2D eigenvalue weighted by Gasteiger charge is 2.45. The summed E-state index contributed by atoms with van der Waals surface area (Å²) in [6.45, 7) is 5.48. The van der Waals surface area contributed by atoms with E-state index in [2.05, 4.69) is 10.0 Å². The molecule has 12 nitrogen and oxygen atoms in total. The summed E-state index contributed by atoms with van der Waals surface area (Å²) < 4.78 is 68.6. The van der Waals surface area contributed by atoms with Gasteiger partial charge in [0.05, 0.1) is 22.6 Å². The number of nitrogens with one attached hydrogen (secondary N) is 2. The Labute approximate surface area is 258 Å². The highest BCUT2D eigenvalue weighted by atomic mass is 32.2. The Morgan fingerprint density at radius 2 is 1.86 bits per heavy atom. The Morgan fingerprint density at radius 3 is 2.57 bits per heavy atom. The van der Waals surface area contributed by atoms with Crippen LogP contribution in [0.2, 0.25) is 0 Å². The summed E-state index contributed by atoms with van der Waals surface area (Å²) in [5.74, 6) is 0.331. The molecule has 2 fully saturated rings. The third-order valence-electron chi connectivity index (χ3n) is 8.54. The predicted molar refractivity (Wildman–Crippen MR) is 166 cm³/mol. The number of rotatable bonds is 11. The molecule has 0 radical (unpaired) electrons. The summed E-state index contributed by atoms with van der Waals surface area (Å²) in [6, 6.07) is 11.4. The second-order valence-electron chi connectivity index (χ2n) is 11.4. The summed E-state index contributed by atoms with van der Waals surface area (Å²) in [5.41, 5.74) is 0.710. The molecule has 3 heterocycles. The molecular formula is C30H40N4O8S2. The lowest BCUT2D eigenvalue weighted by atomic mass is 9.88. The predicted octanol–water partition coefficient (Wildman–Crippen LogP) is 1.58. The molecule has 14 heteroatoms. The van der Waals surface area contributed by atoms with Crippen LogP contribution in [0, 0.1) is 6.92 Å². The van der Waals surface area contributed by atoms with Gasteiger partial charge in [-0.25, -0.2) is 21.6 Å². The molecule has 0 aliphatic carbocycles. The maximum Gasteiger partial charge on any atom is 0.248 e. The molecule has 240 valence electrons. The maximum atomic E-state index is 13.7. The van der Waals surface area contributed by atoms with Crippen molar-refractivity contribution in [3.63, 3.8) is 0 Å². The summed E-state index contributed by atoms with van der Waals surface area (Å²) in [6.07, 6.45) is 2.28. The number of aliphatic hydroxyl groups is 1. The minimum absolute atomic E-state index is 0.0302. The lowest BCUT2D eigenvalue weighted by Gasteiger charge is -2.38. The minimum Gasteiger partial charge on any atom is -0.491 e. The van der Waals surface area contributed by atoms with E-state index in [0.717, 1.165) is 11.1 Å². The van der Waals surface area contributed by atoms with E-state index in [1.807, 2.05) is 24.5 Å². The lowest BCUT2D eigenvalue weighted by Crippen LogP contribution is -2.47. The van der Waals surface area contributed by atoms with Crippen LogP contribution >= 0.6 is 0 Å². The number of aromatic nitrogens is 1. The van der Waals surface area contributed by atoms with Crippen molar-refractivity contribution in [2.24, 2.45) is 0 Å². The molecule has 0 saturated carbocycles. The molecular weight excluding hydrogens is 608 g/mol. The second kappa shape index (κ2) is 12.9. The van der Waals surface area contributed by atoms with Gasteiger partial charge in [0.2, 0.25) is 25.5 Å². The molecule has 44 heavy (non-hydrogen) atoms. The Kier molecular flexibility index (Phi) is 9.52.